The molecule has 0 saturated carbocycles. The number of fused-ring (bicyclic) bond motifs is 1. The van der Waals surface area contributed by atoms with Gasteiger partial charge in [-0.25, -0.2) is 13.1 Å². The Labute approximate surface area is 180 Å². The van der Waals surface area contributed by atoms with Crippen LogP contribution in [0, 0.1) is 0 Å². The van der Waals surface area contributed by atoms with Crippen LogP contribution in [0.5, 0.6) is 5.75 Å². The molecule has 0 aliphatic carbocycles. The Morgan fingerprint density at radius 1 is 1.00 bits per heavy atom. The molecule has 3 aromatic carbocycles. The molecule has 4 rings (SSSR count). The standard InChI is InChI=1S/C23H19ClN2O3S/c1-29-18-8-6-16(7-9-18)20-11-10-19(14-22(20)24)30(27,28)26-15-17-12-13-25-23-5-3-2-4-21(17)23/h2-14,26H,15H2,1H3. The lowest BCUT2D eigenvalue weighted by Gasteiger charge is -2.11. The molecule has 5 nitrogen and oxygen atoms in total. The van der Waals surface area contributed by atoms with E-state index in [9.17, 15) is 8.42 Å². The minimum atomic E-state index is -3.73. The Kier molecular flexibility index (Phi) is 5.72. The summed E-state index contributed by atoms with van der Waals surface area (Å²) < 4.78 is 33.5. The molecule has 7 heteroatoms. The van der Waals surface area contributed by atoms with Crippen molar-refractivity contribution in [2.24, 2.45) is 0 Å². The van der Waals surface area contributed by atoms with Gasteiger partial charge in [0, 0.05) is 28.7 Å². The van der Waals surface area contributed by atoms with Crippen LogP contribution in [0.25, 0.3) is 22.0 Å². The number of halogens is 1. The van der Waals surface area contributed by atoms with Crippen LogP contribution in [0.3, 0.4) is 0 Å². The lowest BCUT2D eigenvalue weighted by molar-refractivity contribution is 0.415. The molecule has 0 bridgehead atoms. The van der Waals surface area contributed by atoms with E-state index in [1.54, 1.807) is 25.4 Å². The first-order chi connectivity index (χ1) is 14.5. The fraction of sp³-hybridized carbons (Fsp3) is 0.0870. The van der Waals surface area contributed by atoms with Crippen molar-refractivity contribution in [3.63, 3.8) is 0 Å². The van der Waals surface area contributed by atoms with E-state index >= 15 is 0 Å². The average molecular weight is 439 g/mol. The number of hydrogen-bond donors (Lipinski definition) is 1. The zero-order valence-electron chi connectivity index (χ0n) is 16.2. The molecular formula is C23H19ClN2O3S. The molecule has 0 unspecified atom stereocenters. The Morgan fingerprint density at radius 3 is 2.50 bits per heavy atom. The van der Waals surface area contributed by atoms with E-state index in [1.807, 2.05) is 54.6 Å². The second-order valence-corrected chi connectivity index (χ2v) is 8.86. The molecule has 1 N–H and O–H groups in total. The highest BCUT2D eigenvalue weighted by Crippen LogP contribution is 2.31. The maximum absolute atomic E-state index is 12.8. The minimum Gasteiger partial charge on any atom is -0.497 e. The molecule has 0 radical (unpaired) electrons. The van der Waals surface area contributed by atoms with Crippen molar-refractivity contribution in [1.82, 2.24) is 9.71 Å². The van der Waals surface area contributed by atoms with E-state index < -0.39 is 10.0 Å². The maximum atomic E-state index is 12.8. The van der Waals surface area contributed by atoms with Crippen molar-refractivity contribution in [3.05, 3.63) is 89.6 Å². The third-order valence-electron chi connectivity index (χ3n) is 4.84. The molecule has 0 aliphatic rings. The zero-order valence-corrected chi connectivity index (χ0v) is 17.7. The first kappa shape index (κ1) is 20.3. The number of methoxy groups -OCH3 is 1. The Balaban J connectivity index is 1.57. The van der Waals surface area contributed by atoms with Crippen LogP contribution in [-0.4, -0.2) is 20.5 Å². The number of pyridine rings is 1. The fourth-order valence-electron chi connectivity index (χ4n) is 3.23. The lowest BCUT2D eigenvalue weighted by atomic mass is 10.1. The van der Waals surface area contributed by atoms with Gasteiger partial charge in [0.05, 0.1) is 17.5 Å². The third-order valence-corrected chi connectivity index (χ3v) is 6.56. The quantitative estimate of drug-likeness (QED) is 0.457. The molecule has 0 fully saturated rings. The van der Waals surface area contributed by atoms with E-state index in [2.05, 4.69) is 9.71 Å². The van der Waals surface area contributed by atoms with Crippen LogP contribution in [0.4, 0.5) is 0 Å². The van der Waals surface area contributed by atoms with Crippen LogP contribution in [0.1, 0.15) is 5.56 Å². The van der Waals surface area contributed by atoms with Crippen molar-refractivity contribution in [3.8, 4) is 16.9 Å². The maximum Gasteiger partial charge on any atom is 0.240 e. The van der Waals surface area contributed by atoms with Gasteiger partial charge in [-0.1, -0.05) is 48.0 Å². The largest absolute Gasteiger partial charge is 0.497 e. The minimum absolute atomic E-state index is 0.114. The summed E-state index contributed by atoms with van der Waals surface area (Å²) in [4.78, 5) is 4.42. The van der Waals surface area contributed by atoms with Crippen molar-refractivity contribution < 1.29 is 13.2 Å². The summed E-state index contributed by atoms with van der Waals surface area (Å²) in [6, 6.07) is 21.6. The fourth-order valence-corrected chi connectivity index (χ4v) is 4.62. The van der Waals surface area contributed by atoms with Gasteiger partial charge in [0.2, 0.25) is 10.0 Å². The van der Waals surface area contributed by atoms with Gasteiger partial charge in [0.15, 0.2) is 0 Å². The predicted molar refractivity (Wildman–Crippen MR) is 119 cm³/mol. The summed E-state index contributed by atoms with van der Waals surface area (Å²) in [5.41, 5.74) is 3.30. The highest BCUT2D eigenvalue weighted by atomic mass is 35.5. The number of aromatic nitrogens is 1. The molecule has 0 amide bonds. The Hall–Kier alpha value is -2.93. The van der Waals surface area contributed by atoms with Crippen LogP contribution < -0.4 is 9.46 Å². The summed E-state index contributed by atoms with van der Waals surface area (Å²) >= 11 is 6.41. The van der Waals surface area contributed by atoms with Gasteiger partial charge in [0.1, 0.15) is 5.75 Å². The monoisotopic (exact) mass is 438 g/mol. The summed E-state index contributed by atoms with van der Waals surface area (Å²) in [7, 11) is -2.13. The van der Waals surface area contributed by atoms with E-state index in [4.69, 9.17) is 16.3 Å². The number of rotatable bonds is 6. The van der Waals surface area contributed by atoms with E-state index in [1.165, 1.54) is 6.07 Å². The third kappa shape index (κ3) is 4.16. The Bertz CT molecular complexity index is 1300. The second-order valence-electron chi connectivity index (χ2n) is 6.68. The number of sulfonamides is 1. The first-order valence-electron chi connectivity index (χ1n) is 9.24. The van der Waals surface area contributed by atoms with Crippen LogP contribution >= 0.6 is 11.6 Å². The van der Waals surface area contributed by atoms with Gasteiger partial charge in [0.25, 0.3) is 0 Å². The van der Waals surface area contributed by atoms with Crippen molar-refractivity contribution in [1.29, 1.82) is 0 Å². The summed E-state index contributed by atoms with van der Waals surface area (Å²) in [5.74, 6) is 0.738. The highest BCUT2D eigenvalue weighted by Gasteiger charge is 2.17. The number of nitrogens with one attached hydrogen (secondary N) is 1. The van der Waals surface area contributed by atoms with Crippen LogP contribution in [-0.2, 0) is 16.6 Å². The van der Waals surface area contributed by atoms with E-state index in [-0.39, 0.29) is 11.4 Å². The van der Waals surface area contributed by atoms with Crippen molar-refractivity contribution in [2.75, 3.05) is 7.11 Å². The van der Waals surface area contributed by atoms with Gasteiger partial charge in [-0.2, -0.15) is 0 Å². The molecule has 4 aromatic rings. The molecule has 0 atom stereocenters. The zero-order chi connectivity index (χ0) is 21.1. The van der Waals surface area contributed by atoms with Gasteiger partial charge < -0.3 is 4.74 Å². The number of para-hydroxylation sites is 1. The second kappa shape index (κ2) is 8.44. The number of ether oxygens (including phenoxy) is 1. The van der Waals surface area contributed by atoms with E-state index in [0.29, 0.717) is 5.02 Å². The Morgan fingerprint density at radius 2 is 1.77 bits per heavy atom. The number of benzene rings is 3. The summed E-state index contributed by atoms with van der Waals surface area (Å²) in [5, 5.41) is 1.27. The molecule has 0 spiro atoms. The van der Waals surface area contributed by atoms with E-state index in [0.717, 1.165) is 33.3 Å². The van der Waals surface area contributed by atoms with Crippen LogP contribution in [0.15, 0.2) is 83.9 Å². The number of nitrogens with zero attached hydrogens (tertiary/aromatic N) is 1. The summed E-state index contributed by atoms with van der Waals surface area (Å²) in [6.07, 6.45) is 1.67. The van der Waals surface area contributed by atoms with Crippen molar-refractivity contribution in [2.45, 2.75) is 11.4 Å². The lowest BCUT2D eigenvalue weighted by Crippen LogP contribution is -2.23. The molecule has 0 saturated heterocycles. The van der Waals surface area contributed by atoms with Crippen LogP contribution in [0.2, 0.25) is 5.02 Å². The van der Waals surface area contributed by atoms with Crippen molar-refractivity contribution >= 4 is 32.5 Å². The molecule has 0 aliphatic heterocycles. The predicted octanol–water partition coefficient (Wildman–Crippen LogP) is 5.04. The van der Waals surface area contributed by atoms with Gasteiger partial charge in [-0.3, -0.25) is 4.98 Å². The first-order valence-corrected chi connectivity index (χ1v) is 11.1. The molecule has 1 aromatic heterocycles. The molecule has 1 heterocycles. The molecule has 30 heavy (non-hydrogen) atoms. The van der Waals surface area contributed by atoms with Gasteiger partial charge >= 0.3 is 0 Å². The topological polar surface area (TPSA) is 68.3 Å². The SMILES string of the molecule is COc1ccc(-c2ccc(S(=O)(=O)NCc3ccnc4ccccc34)cc2Cl)cc1. The normalized spacial score (nSPS) is 11.5. The average Bonchev–Trinajstić information content (AvgIpc) is 2.78. The molecule has 152 valence electrons. The van der Waals surface area contributed by atoms with Gasteiger partial charge in [-0.05, 0) is 47.5 Å². The van der Waals surface area contributed by atoms with Gasteiger partial charge in [-0.15, -0.1) is 0 Å². The summed E-state index contributed by atoms with van der Waals surface area (Å²) in [6.45, 7) is 0.156. The molecular weight excluding hydrogens is 420 g/mol. The highest BCUT2D eigenvalue weighted by molar-refractivity contribution is 7.89. The smallest absolute Gasteiger partial charge is 0.240 e. The number of hydrogen-bond acceptors (Lipinski definition) is 4.